The smallest absolute Gasteiger partial charge is 0.225 e. The molecule has 5 heteroatoms. The van der Waals surface area contributed by atoms with Crippen LogP contribution in [0.25, 0.3) is 33.7 Å². The van der Waals surface area contributed by atoms with Crippen LogP contribution in [0.2, 0.25) is 0 Å². The highest BCUT2D eigenvalue weighted by molar-refractivity contribution is 5.85. The summed E-state index contributed by atoms with van der Waals surface area (Å²) in [6.07, 6.45) is 3.59. The molecule has 0 radical (unpaired) electrons. The van der Waals surface area contributed by atoms with E-state index in [-0.39, 0.29) is 0 Å². The summed E-state index contributed by atoms with van der Waals surface area (Å²) in [5.74, 6) is 1.61. The molecule has 0 atom stereocenters. The summed E-state index contributed by atoms with van der Waals surface area (Å²) < 4.78 is 6.21. The number of para-hydroxylation sites is 1. The van der Waals surface area contributed by atoms with E-state index in [2.05, 4.69) is 42.0 Å². The summed E-state index contributed by atoms with van der Waals surface area (Å²) in [4.78, 5) is 18.6. The first-order chi connectivity index (χ1) is 16.2. The van der Waals surface area contributed by atoms with Crippen molar-refractivity contribution in [3.63, 3.8) is 0 Å². The van der Waals surface area contributed by atoms with Crippen molar-refractivity contribution < 1.29 is 4.74 Å². The van der Waals surface area contributed by atoms with Crippen LogP contribution in [0.1, 0.15) is 30.9 Å². The number of nitrogens with zero attached hydrogens (tertiary/aromatic N) is 4. The molecule has 0 bridgehead atoms. The molecule has 0 amide bonds. The van der Waals surface area contributed by atoms with Crippen molar-refractivity contribution in [1.29, 1.82) is 0 Å². The van der Waals surface area contributed by atoms with Gasteiger partial charge in [-0.3, -0.25) is 9.97 Å². The monoisotopic (exact) mass is 432 g/mol. The third-order valence-electron chi connectivity index (χ3n) is 5.52. The van der Waals surface area contributed by atoms with E-state index in [1.54, 1.807) is 6.20 Å². The van der Waals surface area contributed by atoms with Gasteiger partial charge < -0.3 is 4.74 Å². The second-order valence-corrected chi connectivity index (χ2v) is 8.17. The van der Waals surface area contributed by atoms with Crippen LogP contribution in [-0.2, 0) is 6.61 Å². The van der Waals surface area contributed by atoms with Gasteiger partial charge in [-0.05, 0) is 41.8 Å². The van der Waals surface area contributed by atoms with Crippen LogP contribution in [0.3, 0.4) is 0 Å². The molecule has 0 aliphatic rings. The second kappa shape index (κ2) is 9.17. The molecule has 3 aromatic heterocycles. The van der Waals surface area contributed by atoms with Gasteiger partial charge in [0.25, 0.3) is 0 Å². The summed E-state index contributed by atoms with van der Waals surface area (Å²) in [7, 11) is 0. The Bertz CT molecular complexity index is 1380. The zero-order valence-corrected chi connectivity index (χ0v) is 18.6. The van der Waals surface area contributed by atoms with Gasteiger partial charge in [0.15, 0.2) is 5.82 Å². The van der Waals surface area contributed by atoms with Gasteiger partial charge in [0.1, 0.15) is 6.61 Å². The quantitative estimate of drug-likeness (QED) is 0.308. The number of hydrogen-bond donors (Lipinski definition) is 0. The summed E-state index contributed by atoms with van der Waals surface area (Å²) in [5.41, 5.74) is 5.75. The largest absolute Gasteiger partial charge is 0.472 e. The van der Waals surface area contributed by atoms with E-state index in [1.807, 2.05) is 66.9 Å². The molecule has 5 nitrogen and oxygen atoms in total. The molecular formula is C28H24N4O. The molecule has 5 rings (SSSR count). The molecule has 0 saturated heterocycles. The van der Waals surface area contributed by atoms with Crippen molar-refractivity contribution >= 4 is 10.9 Å². The lowest BCUT2D eigenvalue weighted by Gasteiger charge is -2.14. The van der Waals surface area contributed by atoms with Gasteiger partial charge in [0.2, 0.25) is 5.88 Å². The zero-order valence-electron chi connectivity index (χ0n) is 18.6. The Morgan fingerprint density at radius 2 is 1.55 bits per heavy atom. The first-order valence-electron chi connectivity index (χ1n) is 11.0. The number of hydrogen-bond acceptors (Lipinski definition) is 5. The summed E-state index contributed by atoms with van der Waals surface area (Å²) in [5, 5.41) is 0.890. The Morgan fingerprint density at radius 3 is 2.33 bits per heavy atom. The average Bonchev–Trinajstić information content (AvgIpc) is 2.88. The van der Waals surface area contributed by atoms with E-state index in [9.17, 15) is 0 Å². The second-order valence-electron chi connectivity index (χ2n) is 8.17. The minimum Gasteiger partial charge on any atom is -0.472 e. The number of pyridine rings is 2. The highest BCUT2D eigenvalue weighted by Crippen LogP contribution is 2.31. The molecule has 0 fully saturated rings. The van der Waals surface area contributed by atoms with Crippen molar-refractivity contribution in [1.82, 2.24) is 19.9 Å². The Labute approximate surface area is 193 Å². The van der Waals surface area contributed by atoms with E-state index in [0.717, 1.165) is 33.4 Å². The van der Waals surface area contributed by atoms with Crippen LogP contribution in [-0.4, -0.2) is 19.9 Å². The minimum absolute atomic E-state index is 0.363. The SMILES string of the molecule is CC(C)c1ccccc1-c1nc(OCc2ccc(-c3ccccn3)nc2)c2ccccc2n1. The third kappa shape index (κ3) is 4.44. The number of fused-ring (bicyclic) bond motifs is 1. The van der Waals surface area contributed by atoms with E-state index >= 15 is 0 Å². The fourth-order valence-corrected chi connectivity index (χ4v) is 3.81. The highest BCUT2D eigenvalue weighted by atomic mass is 16.5. The van der Waals surface area contributed by atoms with Crippen molar-refractivity contribution in [3.05, 3.63) is 102 Å². The molecule has 5 aromatic rings. The zero-order chi connectivity index (χ0) is 22.6. The molecule has 162 valence electrons. The van der Waals surface area contributed by atoms with E-state index in [4.69, 9.17) is 14.7 Å². The third-order valence-corrected chi connectivity index (χ3v) is 5.52. The van der Waals surface area contributed by atoms with Crippen molar-refractivity contribution in [2.75, 3.05) is 0 Å². The molecule has 3 heterocycles. The van der Waals surface area contributed by atoms with Gasteiger partial charge in [-0.15, -0.1) is 0 Å². The lowest BCUT2D eigenvalue weighted by molar-refractivity contribution is 0.297. The van der Waals surface area contributed by atoms with Gasteiger partial charge in [-0.2, -0.15) is 4.98 Å². The summed E-state index contributed by atoms with van der Waals surface area (Å²) in [6, 6.07) is 26.0. The van der Waals surface area contributed by atoms with Crippen LogP contribution < -0.4 is 4.74 Å². The molecular weight excluding hydrogens is 408 g/mol. The van der Waals surface area contributed by atoms with Crippen LogP contribution in [0.4, 0.5) is 0 Å². The van der Waals surface area contributed by atoms with Gasteiger partial charge in [-0.1, -0.05) is 62.4 Å². The normalized spacial score (nSPS) is 11.1. The average molecular weight is 433 g/mol. The number of ether oxygens (including phenoxy) is 1. The fourth-order valence-electron chi connectivity index (χ4n) is 3.81. The molecule has 0 saturated carbocycles. The molecule has 33 heavy (non-hydrogen) atoms. The maximum Gasteiger partial charge on any atom is 0.225 e. The van der Waals surface area contributed by atoms with Gasteiger partial charge in [0, 0.05) is 23.5 Å². The lowest BCUT2D eigenvalue weighted by atomic mass is 9.97. The Hall–Kier alpha value is -4.12. The maximum atomic E-state index is 6.21. The number of aromatic nitrogens is 4. The van der Waals surface area contributed by atoms with E-state index in [0.29, 0.717) is 24.2 Å². The highest BCUT2D eigenvalue weighted by Gasteiger charge is 2.15. The number of rotatable bonds is 6. The first-order valence-corrected chi connectivity index (χ1v) is 11.0. The van der Waals surface area contributed by atoms with Crippen LogP contribution in [0, 0.1) is 0 Å². The van der Waals surface area contributed by atoms with Gasteiger partial charge in [-0.25, -0.2) is 4.98 Å². The molecule has 2 aromatic carbocycles. The van der Waals surface area contributed by atoms with Crippen molar-refractivity contribution in [3.8, 4) is 28.7 Å². The Balaban J connectivity index is 1.46. The predicted molar refractivity (Wildman–Crippen MR) is 131 cm³/mol. The predicted octanol–water partition coefficient (Wildman–Crippen LogP) is 6.46. The maximum absolute atomic E-state index is 6.21. The Morgan fingerprint density at radius 1 is 0.758 bits per heavy atom. The fraction of sp³-hybridized carbons (Fsp3) is 0.143. The van der Waals surface area contributed by atoms with Crippen LogP contribution in [0.5, 0.6) is 5.88 Å². The number of benzene rings is 2. The molecule has 0 aliphatic heterocycles. The molecule has 0 spiro atoms. The standard InChI is InChI=1S/C28H24N4O/c1-19(2)21-9-3-4-10-22(21)27-31-24-12-6-5-11-23(24)28(32-27)33-18-20-14-15-26(30-17-20)25-13-7-8-16-29-25/h3-17,19H,18H2,1-2H3. The molecule has 0 unspecified atom stereocenters. The van der Waals surface area contributed by atoms with Crippen LogP contribution >= 0.6 is 0 Å². The van der Waals surface area contributed by atoms with Crippen molar-refractivity contribution in [2.45, 2.75) is 26.4 Å². The Kier molecular flexibility index (Phi) is 5.77. The van der Waals surface area contributed by atoms with E-state index < -0.39 is 0 Å². The van der Waals surface area contributed by atoms with Crippen LogP contribution in [0.15, 0.2) is 91.3 Å². The van der Waals surface area contributed by atoms with Gasteiger partial charge in [0.05, 0.1) is 22.3 Å². The first kappa shape index (κ1) is 20.8. The topological polar surface area (TPSA) is 60.8 Å². The molecule has 0 aliphatic carbocycles. The van der Waals surface area contributed by atoms with Gasteiger partial charge >= 0.3 is 0 Å². The van der Waals surface area contributed by atoms with Crippen molar-refractivity contribution in [2.24, 2.45) is 0 Å². The molecule has 0 N–H and O–H groups in total. The minimum atomic E-state index is 0.363. The van der Waals surface area contributed by atoms with E-state index in [1.165, 1.54) is 5.56 Å². The summed E-state index contributed by atoms with van der Waals surface area (Å²) in [6.45, 7) is 4.72. The lowest BCUT2D eigenvalue weighted by Crippen LogP contribution is -2.03. The summed E-state index contributed by atoms with van der Waals surface area (Å²) >= 11 is 0.